The van der Waals surface area contributed by atoms with E-state index < -0.39 is 17.5 Å². The number of hydrogen-bond acceptors (Lipinski definition) is 4. The number of hydrogen-bond donors (Lipinski definition) is 1. The van der Waals surface area contributed by atoms with Gasteiger partial charge < -0.3 is 14.8 Å². The number of ether oxygens (including phenoxy) is 2. The second-order valence-corrected chi connectivity index (χ2v) is 7.69. The van der Waals surface area contributed by atoms with Crippen molar-refractivity contribution in [1.29, 1.82) is 0 Å². The summed E-state index contributed by atoms with van der Waals surface area (Å²) >= 11 is 3.34. The van der Waals surface area contributed by atoms with Gasteiger partial charge in [0.2, 0.25) is 0 Å². The molecule has 0 aliphatic carbocycles. The molecule has 5 nitrogen and oxygen atoms in total. The van der Waals surface area contributed by atoms with E-state index in [-0.39, 0.29) is 17.9 Å². The molecule has 0 aromatic heterocycles. The highest BCUT2D eigenvalue weighted by Crippen LogP contribution is 2.33. The molecule has 0 atom stereocenters. The molecule has 0 saturated carbocycles. The van der Waals surface area contributed by atoms with Crippen molar-refractivity contribution in [2.24, 2.45) is 0 Å². The van der Waals surface area contributed by atoms with Crippen LogP contribution in [0.25, 0.3) is 0 Å². The summed E-state index contributed by atoms with van der Waals surface area (Å²) < 4.78 is 26.2. The molecular weight excluding hydrogens is 417 g/mol. The molecule has 0 heterocycles. The fourth-order valence-corrected chi connectivity index (χ4v) is 2.68. The van der Waals surface area contributed by atoms with Gasteiger partial charge in [0, 0.05) is 27.7 Å². The van der Waals surface area contributed by atoms with Gasteiger partial charge in [-0.3, -0.25) is 4.79 Å². The Labute approximate surface area is 166 Å². The Morgan fingerprint density at radius 3 is 2.56 bits per heavy atom. The molecule has 0 saturated heterocycles. The Balaban J connectivity index is 2.16. The number of nitrogens with one attached hydrogen (secondary N) is 1. The number of carbonyl (C=O) groups is 2. The lowest BCUT2D eigenvalue weighted by atomic mass is 10.1. The summed E-state index contributed by atoms with van der Waals surface area (Å²) in [4.78, 5) is 22.7. The monoisotopic (exact) mass is 437 g/mol. The summed E-state index contributed by atoms with van der Waals surface area (Å²) in [6.07, 6.45) is 0.0992. The molecule has 1 N–H and O–H groups in total. The van der Waals surface area contributed by atoms with Crippen LogP contribution in [0.15, 0.2) is 34.8 Å². The van der Waals surface area contributed by atoms with Gasteiger partial charge in [-0.25, -0.2) is 9.18 Å². The SMILES string of the molecule is Cc1c(Oc2cccc(CNC(=O)OC(C)(C)C)c2F)ccc(C=O)c1Br. The quantitative estimate of drug-likeness (QED) is 0.624. The zero-order valence-corrected chi connectivity index (χ0v) is 17.1. The van der Waals surface area contributed by atoms with Crippen LogP contribution < -0.4 is 10.1 Å². The lowest BCUT2D eigenvalue weighted by molar-refractivity contribution is 0.0523. The number of aldehydes is 1. The fourth-order valence-electron chi connectivity index (χ4n) is 2.26. The Morgan fingerprint density at radius 1 is 1.22 bits per heavy atom. The maximum absolute atomic E-state index is 14.7. The van der Waals surface area contributed by atoms with Gasteiger partial charge in [-0.15, -0.1) is 0 Å². The first-order valence-electron chi connectivity index (χ1n) is 8.28. The second-order valence-electron chi connectivity index (χ2n) is 6.90. The van der Waals surface area contributed by atoms with E-state index in [1.807, 2.05) is 0 Å². The van der Waals surface area contributed by atoms with Crippen molar-refractivity contribution in [3.05, 3.63) is 57.3 Å². The molecule has 1 amide bonds. The molecule has 27 heavy (non-hydrogen) atoms. The van der Waals surface area contributed by atoms with Crippen LogP contribution in [0.5, 0.6) is 11.5 Å². The molecule has 0 fully saturated rings. The van der Waals surface area contributed by atoms with Crippen molar-refractivity contribution in [2.75, 3.05) is 0 Å². The summed E-state index contributed by atoms with van der Waals surface area (Å²) in [5.74, 6) is -0.139. The van der Waals surface area contributed by atoms with Gasteiger partial charge in [-0.2, -0.15) is 0 Å². The molecule has 0 unspecified atom stereocenters. The number of benzene rings is 2. The first-order chi connectivity index (χ1) is 12.6. The maximum Gasteiger partial charge on any atom is 0.407 e. The van der Waals surface area contributed by atoms with Crippen LogP contribution in [0.2, 0.25) is 0 Å². The van der Waals surface area contributed by atoms with Crippen molar-refractivity contribution in [1.82, 2.24) is 5.32 Å². The minimum absolute atomic E-state index is 0.0207. The average molecular weight is 438 g/mol. The highest BCUT2D eigenvalue weighted by atomic mass is 79.9. The molecule has 144 valence electrons. The van der Waals surface area contributed by atoms with Crippen LogP contribution in [-0.2, 0) is 11.3 Å². The number of amides is 1. The smallest absolute Gasteiger partial charge is 0.407 e. The lowest BCUT2D eigenvalue weighted by Crippen LogP contribution is -2.32. The van der Waals surface area contributed by atoms with Crippen LogP contribution in [0.1, 0.15) is 42.3 Å². The molecule has 0 spiro atoms. The van der Waals surface area contributed by atoms with Gasteiger partial charge in [-0.05, 0) is 61.8 Å². The van der Waals surface area contributed by atoms with Gasteiger partial charge >= 0.3 is 6.09 Å². The third kappa shape index (κ3) is 5.53. The maximum atomic E-state index is 14.7. The second kappa shape index (κ2) is 8.52. The van der Waals surface area contributed by atoms with Crippen molar-refractivity contribution >= 4 is 28.3 Å². The van der Waals surface area contributed by atoms with E-state index in [0.29, 0.717) is 21.3 Å². The third-order valence-electron chi connectivity index (χ3n) is 3.58. The van der Waals surface area contributed by atoms with E-state index >= 15 is 0 Å². The number of carbonyl (C=O) groups excluding carboxylic acids is 2. The summed E-state index contributed by atoms with van der Waals surface area (Å²) in [7, 11) is 0. The topological polar surface area (TPSA) is 64.6 Å². The van der Waals surface area contributed by atoms with Gasteiger partial charge in [0.1, 0.15) is 11.4 Å². The molecule has 2 aromatic carbocycles. The summed E-state index contributed by atoms with van der Waals surface area (Å²) in [6.45, 7) is 6.97. The molecule has 2 rings (SSSR count). The zero-order valence-electron chi connectivity index (χ0n) is 15.6. The van der Waals surface area contributed by atoms with Crippen molar-refractivity contribution in [3.63, 3.8) is 0 Å². The predicted octanol–water partition coefficient (Wildman–Crippen LogP) is 5.53. The number of rotatable bonds is 5. The van der Waals surface area contributed by atoms with Crippen LogP contribution in [0.3, 0.4) is 0 Å². The van der Waals surface area contributed by atoms with Crippen LogP contribution in [0.4, 0.5) is 9.18 Å². The van der Waals surface area contributed by atoms with Crippen molar-refractivity contribution < 1.29 is 23.5 Å². The van der Waals surface area contributed by atoms with Gasteiger partial charge in [0.15, 0.2) is 17.9 Å². The molecule has 0 bridgehead atoms. The average Bonchev–Trinajstić information content (AvgIpc) is 2.58. The summed E-state index contributed by atoms with van der Waals surface area (Å²) in [5, 5.41) is 2.52. The molecule has 0 radical (unpaired) electrons. The van der Waals surface area contributed by atoms with E-state index in [1.54, 1.807) is 52.0 Å². The Hall–Kier alpha value is -2.41. The highest BCUT2D eigenvalue weighted by molar-refractivity contribution is 9.10. The van der Waals surface area contributed by atoms with Gasteiger partial charge in [0.25, 0.3) is 0 Å². The number of alkyl carbamates (subject to hydrolysis) is 1. The summed E-state index contributed by atoms with van der Waals surface area (Å²) in [6, 6.07) is 7.87. The molecular formula is C20H21BrFNO4. The highest BCUT2D eigenvalue weighted by Gasteiger charge is 2.17. The third-order valence-corrected chi connectivity index (χ3v) is 4.63. The van der Waals surface area contributed by atoms with E-state index in [1.165, 1.54) is 6.07 Å². The molecule has 0 aliphatic rings. The van der Waals surface area contributed by atoms with Crippen molar-refractivity contribution in [3.8, 4) is 11.5 Å². The van der Waals surface area contributed by atoms with Gasteiger partial charge in [0.05, 0.1) is 0 Å². The van der Waals surface area contributed by atoms with E-state index in [4.69, 9.17) is 9.47 Å². The fraction of sp³-hybridized carbons (Fsp3) is 0.300. The van der Waals surface area contributed by atoms with E-state index in [9.17, 15) is 14.0 Å². The summed E-state index contributed by atoms with van der Waals surface area (Å²) in [5.41, 5.74) is 0.790. The Kier molecular flexibility index (Phi) is 6.59. The van der Waals surface area contributed by atoms with Crippen LogP contribution >= 0.6 is 15.9 Å². The van der Waals surface area contributed by atoms with Crippen molar-refractivity contribution in [2.45, 2.75) is 39.8 Å². The first-order valence-corrected chi connectivity index (χ1v) is 9.08. The predicted molar refractivity (Wildman–Crippen MR) is 104 cm³/mol. The standard InChI is InChI=1S/C20H21BrFNO4/c1-12-15(9-8-14(11-24)17(12)21)26-16-7-5-6-13(18(16)22)10-23-19(25)27-20(2,3)4/h5-9,11H,10H2,1-4H3,(H,23,25). The van der Waals surface area contributed by atoms with E-state index in [2.05, 4.69) is 21.2 Å². The lowest BCUT2D eigenvalue weighted by Gasteiger charge is -2.20. The van der Waals surface area contributed by atoms with Crippen LogP contribution in [-0.4, -0.2) is 18.0 Å². The largest absolute Gasteiger partial charge is 0.454 e. The van der Waals surface area contributed by atoms with Crippen LogP contribution in [0, 0.1) is 12.7 Å². The number of halogens is 2. The zero-order chi connectivity index (χ0) is 20.2. The normalized spacial score (nSPS) is 11.0. The van der Waals surface area contributed by atoms with E-state index in [0.717, 1.165) is 6.29 Å². The van der Waals surface area contributed by atoms with Gasteiger partial charge in [-0.1, -0.05) is 12.1 Å². The minimum atomic E-state index is -0.633. The Bertz CT molecular complexity index is 862. The molecule has 0 aliphatic heterocycles. The first kappa shape index (κ1) is 20.9. The minimum Gasteiger partial charge on any atom is -0.454 e. The Morgan fingerprint density at radius 2 is 1.93 bits per heavy atom. The molecule has 7 heteroatoms. The molecule has 2 aromatic rings.